The molecule has 0 spiro atoms. The molecule has 2 nitrogen and oxygen atoms in total. The first-order chi connectivity index (χ1) is 7.70. The van der Waals surface area contributed by atoms with Gasteiger partial charge in [0.25, 0.3) is 0 Å². The third-order valence-corrected chi connectivity index (χ3v) is 7.58. The monoisotopic (exact) mass is 234 g/mol. The molecule has 0 unspecified atom stereocenters. The zero-order valence-corrected chi connectivity index (χ0v) is 9.78. The van der Waals surface area contributed by atoms with Crippen molar-refractivity contribution in [3.63, 3.8) is 0 Å². The van der Waals surface area contributed by atoms with Crippen molar-refractivity contribution in [2.75, 3.05) is 0 Å². The first-order valence-electron chi connectivity index (χ1n) is 6.00. The fourth-order valence-corrected chi connectivity index (χ4v) is 6.96. The van der Waals surface area contributed by atoms with Crippen LogP contribution in [0.1, 0.15) is 19.3 Å². The Kier molecular flexibility index (Phi) is 1.46. The normalized spacial score (nSPS) is 43.6. The minimum absolute atomic E-state index is 0.299. The van der Waals surface area contributed by atoms with Crippen molar-refractivity contribution in [3.8, 4) is 0 Å². The third kappa shape index (κ3) is 0.775. The molecule has 0 saturated heterocycles. The van der Waals surface area contributed by atoms with Gasteiger partial charge in [0.05, 0.1) is 9.64 Å². The van der Waals surface area contributed by atoms with Crippen LogP contribution in [0.2, 0.25) is 0 Å². The molecule has 0 N–H and O–H groups in total. The highest BCUT2D eigenvalue weighted by Gasteiger charge is 2.92. The summed E-state index contributed by atoms with van der Waals surface area (Å²) >= 11 is 0. The van der Waals surface area contributed by atoms with Gasteiger partial charge < -0.3 is 0 Å². The van der Waals surface area contributed by atoms with E-state index in [1.807, 2.05) is 18.2 Å². The van der Waals surface area contributed by atoms with Gasteiger partial charge in [-0.1, -0.05) is 24.6 Å². The molecule has 0 aliphatic heterocycles. The van der Waals surface area contributed by atoms with E-state index in [4.69, 9.17) is 0 Å². The number of hydrogen-bond donors (Lipinski definition) is 0. The van der Waals surface area contributed by atoms with Gasteiger partial charge in [-0.3, -0.25) is 0 Å². The molecule has 2 atom stereocenters. The Labute approximate surface area is 95.6 Å². The van der Waals surface area contributed by atoms with Crippen molar-refractivity contribution >= 4 is 9.84 Å². The SMILES string of the molecule is O=S(=O)(c1ccccc1)C12C3[C@H]1CCC[C@H]32. The van der Waals surface area contributed by atoms with Crippen molar-refractivity contribution in [1.82, 2.24) is 0 Å². The number of fused-ring (bicyclic) bond motifs is 2. The van der Waals surface area contributed by atoms with Crippen molar-refractivity contribution in [3.05, 3.63) is 30.3 Å². The van der Waals surface area contributed by atoms with Gasteiger partial charge in [-0.2, -0.15) is 0 Å². The molecule has 0 heterocycles. The van der Waals surface area contributed by atoms with E-state index in [1.165, 1.54) is 6.42 Å². The second-order valence-electron chi connectivity index (χ2n) is 5.34. The molecular weight excluding hydrogens is 220 g/mol. The lowest BCUT2D eigenvalue weighted by Gasteiger charge is -2.24. The topological polar surface area (TPSA) is 34.1 Å². The van der Waals surface area contributed by atoms with Gasteiger partial charge in [-0.15, -0.1) is 0 Å². The summed E-state index contributed by atoms with van der Waals surface area (Å²) in [6, 6.07) is 8.99. The standard InChI is InChI=1S/C13H14O2S/c14-16(15,9-5-2-1-3-6-9)13-10-7-4-8-11(13)12(10)13/h1-3,5-6,10-12H,4,7-8H2/t10-,11-,12?,13?/m1/s1. The van der Waals surface area contributed by atoms with Gasteiger partial charge in [-0.05, 0) is 42.7 Å². The average Bonchev–Trinajstić information content (AvgIpc) is 3.20. The predicted molar refractivity (Wildman–Crippen MR) is 60.7 cm³/mol. The van der Waals surface area contributed by atoms with Gasteiger partial charge in [0.2, 0.25) is 0 Å². The highest BCUT2D eigenvalue weighted by Crippen LogP contribution is 2.86. The molecule has 84 valence electrons. The lowest BCUT2D eigenvalue weighted by Crippen LogP contribution is -2.28. The second kappa shape index (κ2) is 2.53. The molecule has 0 aromatic heterocycles. The highest BCUT2D eigenvalue weighted by molar-refractivity contribution is 7.93. The van der Waals surface area contributed by atoms with Gasteiger partial charge in [0.1, 0.15) is 0 Å². The molecule has 0 bridgehead atoms. The van der Waals surface area contributed by atoms with Crippen LogP contribution in [0.3, 0.4) is 0 Å². The first-order valence-corrected chi connectivity index (χ1v) is 7.48. The van der Waals surface area contributed by atoms with Crippen LogP contribution in [0.25, 0.3) is 0 Å². The van der Waals surface area contributed by atoms with Crippen LogP contribution in [0, 0.1) is 17.8 Å². The summed E-state index contributed by atoms with van der Waals surface area (Å²) in [5.41, 5.74) is 0. The maximum atomic E-state index is 12.6. The highest BCUT2D eigenvalue weighted by atomic mass is 32.2. The van der Waals surface area contributed by atoms with Crippen LogP contribution in [-0.4, -0.2) is 13.2 Å². The van der Waals surface area contributed by atoms with Crippen LogP contribution in [0.15, 0.2) is 35.2 Å². The molecule has 3 aliphatic rings. The molecule has 3 saturated carbocycles. The van der Waals surface area contributed by atoms with E-state index >= 15 is 0 Å². The Morgan fingerprint density at radius 2 is 1.69 bits per heavy atom. The predicted octanol–water partition coefficient (Wildman–Crippen LogP) is 2.26. The van der Waals surface area contributed by atoms with Crippen LogP contribution >= 0.6 is 0 Å². The fourth-order valence-electron chi connectivity index (χ4n) is 4.16. The van der Waals surface area contributed by atoms with Gasteiger partial charge in [0, 0.05) is 0 Å². The summed E-state index contributed by atoms with van der Waals surface area (Å²) in [6.07, 6.45) is 3.50. The van der Waals surface area contributed by atoms with E-state index in [0.717, 1.165) is 12.8 Å². The minimum atomic E-state index is -3.05. The quantitative estimate of drug-likeness (QED) is 0.786. The Balaban J connectivity index is 1.80. The van der Waals surface area contributed by atoms with Crippen molar-refractivity contribution in [1.29, 1.82) is 0 Å². The van der Waals surface area contributed by atoms with Crippen LogP contribution in [0.4, 0.5) is 0 Å². The Morgan fingerprint density at radius 1 is 1.06 bits per heavy atom. The molecular formula is C13H14O2S. The van der Waals surface area contributed by atoms with Gasteiger partial charge in [-0.25, -0.2) is 8.42 Å². The van der Waals surface area contributed by atoms with Gasteiger partial charge in [0.15, 0.2) is 9.84 Å². The van der Waals surface area contributed by atoms with Crippen LogP contribution < -0.4 is 0 Å². The van der Waals surface area contributed by atoms with E-state index in [0.29, 0.717) is 22.6 Å². The van der Waals surface area contributed by atoms with Crippen LogP contribution in [0.5, 0.6) is 0 Å². The number of sulfone groups is 1. The number of hydrogen-bond acceptors (Lipinski definition) is 2. The van der Waals surface area contributed by atoms with E-state index < -0.39 is 9.84 Å². The molecule has 0 radical (unpaired) electrons. The molecule has 1 aromatic carbocycles. The average molecular weight is 234 g/mol. The number of rotatable bonds is 2. The molecule has 3 aliphatic carbocycles. The Hall–Kier alpha value is -0.830. The summed E-state index contributed by atoms with van der Waals surface area (Å²) in [5.74, 6) is 1.51. The summed E-state index contributed by atoms with van der Waals surface area (Å²) in [7, 11) is -3.05. The largest absolute Gasteiger partial charge is 0.223 e. The first kappa shape index (κ1) is 9.23. The van der Waals surface area contributed by atoms with Crippen molar-refractivity contribution in [2.45, 2.75) is 28.9 Å². The summed E-state index contributed by atoms with van der Waals surface area (Å²) < 4.78 is 24.8. The van der Waals surface area contributed by atoms with Crippen molar-refractivity contribution < 1.29 is 8.42 Å². The molecule has 1 aromatic rings. The maximum Gasteiger partial charge on any atom is 0.184 e. The maximum absolute atomic E-state index is 12.6. The van der Waals surface area contributed by atoms with E-state index in [9.17, 15) is 8.42 Å². The van der Waals surface area contributed by atoms with Crippen LogP contribution in [-0.2, 0) is 9.84 Å². The summed E-state index contributed by atoms with van der Waals surface area (Å²) in [4.78, 5) is 0.534. The molecule has 0 amide bonds. The minimum Gasteiger partial charge on any atom is -0.223 e. The molecule has 16 heavy (non-hydrogen) atoms. The number of benzene rings is 1. The second-order valence-corrected chi connectivity index (χ2v) is 7.53. The van der Waals surface area contributed by atoms with Gasteiger partial charge >= 0.3 is 0 Å². The van der Waals surface area contributed by atoms with E-state index in [1.54, 1.807) is 12.1 Å². The molecule has 3 heteroatoms. The zero-order chi connectivity index (χ0) is 11.0. The molecule has 3 fully saturated rings. The smallest absolute Gasteiger partial charge is 0.184 e. The Morgan fingerprint density at radius 3 is 2.25 bits per heavy atom. The summed E-state index contributed by atoms with van der Waals surface area (Å²) in [6.45, 7) is 0. The van der Waals surface area contributed by atoms with E-state index in [2.05, 4.69) is 0 Å². The lowest BCUT2D eigenvalue weighted by molar-refractivity contribution is 0.343. The van der Waals surface area contributed by atoms with Crippen molar-refractivity contribution in [2.24, 2.45) is 17.8 Å². The summed E-state index contributed by atoms with van der Waals surface area (Å²) in [5, 5.41) is 0. The fraction of sp³-hybridized carbons (Fsp3) is 0.538. The zero-order valence-electron chi connectivity index (χ0n) is 8.96. The molecule has 4 rings (SSSR count). The lowest BCUT2D eigenvalue weighted by atomic mass is 9.88. The third-order valence-electron chi connectivity index (χ3n) is 4.88. The Bertz CT molecular complexity index is 525. The van der Waals surface area contributed by atoms with E-state index in [-0.39, 0.29) is 4.75 Å².